The SMILES string of the molecule is CCC([NH3+])(CC)C(F)(F)F.[Cl-]. The summed E-state index contributed by atoms with van der Waals surface area (Å²) in [7, 11) is 0. The highest BCUT2D eigenvalue weighted by Crippen LogP contribution is 2.31. The maximum Gasteiger partial charge on any atom is 0.444 e. The van der Waals surface area contributed by atoms with Gasteiger partial charge in [0.15, 0.2) is 5.54 Å². The Labute approximate surface area is 70.6 Å². The Balaban J connectivity index is 0. The number of rotatable bonds is 2. The summed E-state index contributed by atoms with van der Waals surface area (Å²) in [6.45, 7) is 3.01. The molecule has 5 heteroatoms. The fourth-order valence-corrected chi connectivity index (χ4v) is 0.651. The van der Waals surface area contributed by atoms with Gasteiger partial charge in [-0.05, 0) is 0 Å². The van der Waals surface area contributed by atoms with Crippen molar-refractivity contribution in [3.63, 3.8) is 0 Å². The van der Waals surface area contributed by atoms with Crippen LogP contribution in [0.2, 0.25) is 0 Å². The van der Waals surface area contributed by atoms with Crippen LogP contribution in [-0.4, -0.2) is 11.7 Å². The molecule has 0 aromatic heterocycles. The van der Waals surface area contributed by atoms with Gasteiger partial charge in [0.2, 0.25) is 0 Å². The number of hydrogen-bond acceptors (Lipinski definition) is 0. The van der Waals surface area contributed by atoms with E-state index in [2.05, 4.69) is 5.73 Å². The smallest absolute Gasteiger partial charge is 0.444 e. The molecule has 0 saturated carbocycles. The normalized spacial score (nSPS) is 12.5. The largest absolute Gasteiger partial charge is 1.00 e. The molecule has 0 aromatic rings. The lowest BCUT2D eigenvalue weighted by Gasteiger charge is -2.25. The molecule has 0 bridgehead atoms. The predicted octanol–water partition coefficient (Wildman–Crippen LogP) is -1.65. The minimum atomic E-state index is -4.16. The molecule has 0 aromatic carbocycles. The lowest BCUT2D eigenvalue weighted by Crippen LogP contribution is -3.00. The Morgan fingerprint density at radius 2 is 1.36 bits per heavy atom. The summed E-state index contributed by atoms with van der Waals surface area (Å²) in [5.74, 6) is 0. The van der Waals surface area contributed by atoms with E-state index in [0.717, 1.165) is 0 Å². The van der Waals surface area contributed by atoms with Crippen molar-refractivity contribution in [2.75, 3.05) is 0 Å². The van der Waals surface area contributed by atoms with Crippen LogP contribution in [0.3, 0.4) is 0 Å². The van der Waals surface area contributed by atoms with Crippen molar-refractivity contribution in [3.8, 4) is 0 Å². The molecule has 0 aliphatic heterocycles. The van der Waals surface area contributed by atoms with Crippen molar-refractivity contribution in [3.05, 3.63) is 0 Å². The monoisotopic (exact) mass is 191 g/mol. The lowest BCUT2D eigenvalue weighted by atomic mass is 9.94. The van der Waals surface area contributed by atoms with Crippen LogP contribution < -0.4 is 18.1 Å². The third-order valence-corrected chi connectivity index (χ3v) is 1.95. The Morgan fingerprint density at radius 3 is 1.36 bits per heavy atom. The first-order chi connectivity index (χ1) is 4.37. The van der Waals surface area contributed by atoms with E-state index < -0.39 is 11.7 Å². The standard InChI is InChI=1S/C6H12F3N.ClH/c1-3-5(10,4-2)6(7,8)9;/h3-4,10H2,1-2H3;1H. The van der Waals surface area contributed by atoms with Crippen molar-refractivity contribution in [2.24, 2.45) is 0 Å². The van der Waals surface area contributed by atoms with Crippen LogP contribution in [0.15, 0.2) is 0 Å². The number of quaternary nitrogens is 1. The number of hydrogen-bond donors (Lipinski definition) is 1. The molecule has 0 saturated heterocycles. The Bertz CT molecular complexity index is 109. The van der Waals surface area contributed by atoms with Crippen LogP contribution in [-0.2, 0) is 0 Å². The molecule has 3 N–H and O–H groups in total. The molecule has 0 rings (SSSR count). The van der Waals surface area contributed by atoms with Crippen LogP contribution >= 0.6 is 0 Å². The highest BCUT2D eigenvalue weighted by Gasteiger charge is 2.53. The summed E-state index contributed by atoms with van der Waals surface area (Å²) in [6.07, 6.45) is -4.06. The summed E-state index contributed by atoms with van der Waals surface area (Å²) < 4.78 is 36.1. The Kier molecular flexibility index (Phi) is 5.15. The zero-order chi connectivity index (χ0) is 8.41. The predicted molar refractivity (Wildman–Crippen MR) is 32.3 cm³/mol. The minimum Gasteiger partial charge on any atom is -1.00 e. The quantitative estimate of drug-likeness (QED) is 0.542. The lowest BCUT2D eigenvalue weighted by molar-refractivity contribution is -0.541. The third kappa shape index (κ3) is 2.87. The summed E-state index contributed by atoms with van der Waals surface area (Å²) in [5, 5.41) is 0. The first-order valence-corrected chi connectivity index (χ1v) is 3.29. The summed E-state index contributed by atoms with van der Waals surface area (Å²) in [6, 6.07) is 0. The van der Waals surface area contributed by atoms with Crippen molar-refractivity contribution in [1.82, 2.24) is 0 Å². The summed E-state index contributed by atoms with van der Waals surface area (Å²) >= 11 is 0. The first-order valence-electron chi connectivity index (χ1n) is 3.29. The third-order valence-electron chi connectivity index (χ3n) is 1.95. The molecule has 0 aliphatic carbocycles. The molecule has 0 spiro atoms. The van der Waals surface area contributed by atoms with Gasteiger partial charge in [-0.25, -0.2) is 0 Å². The van der Waals surface area contributed by atoms with E-state index in [1.54, 1.807) is 0 Å². The fraction of sp³-hybridized carbons (Fsp3) is 1.00. The van der Waals surface area contributed by atoms with Gasteiger partial charge in [-0.1, -0.05) is 13.8 Å². The zero-order valence-corrected chi connectivity index (χ0v) is 7.39. The molecule has 0 atom stereocenters. The van der Waals surface area contributed by atoms with Gasteiger partial charge in [-0.2, -0.15) is 13.2 Å². The Hall–Kier alpha value is 0.0400. The number of halogens is 4. The van der Waals surface area contributed by atoms with E-state index in [0.29, 0.717) is 0 Å². The van der Waals surface area contributed by atoms with Gasteiger partial charge in [0.1, 0.15) is 0 Å². The molecule has 0 aliphatic rings. The number of alkyl halides is 3. The summed E-state index contributed by atoms with van der Waals surface area (Å²) in [4.78, 5) is 0. The molecular weight excluding hydrogens is 179 g/mol. The van der Waals surface area contributed by atoms with Crippen LogP contribution in [0.5, 0.6) is 0 Å². The van der Waals surface area contributed by atoms with Crippen molar-refractivity contribution in [2.45, 2.75) is 38.4 Å². The average molecular weight is 192 g/mol. The van der Waals surface area contributed by atoms with Crippen LogP contribution in [0.4, 0.5) is 13.2 Å². The van der Waals surface area contributed by atoms with E-state index in [-0.39, 0.29) is 25.2 Å². The molecule has 1 nitrogen and oxygen atoms in total. The van der Waals surface area contributed by atoms with Gasteiger partial charge in [0.05, 0.1) is 0 Å². The van der Waals surface area contributed by atoms with Gasteiger partial charge >= 0.3 is 6.18 Å². The second kappa shape index (κ2) is 4.16. The molecule has 70 valence electrons. The van der Waals surface area contributed by atoms with E-state index in [4.69, 9.17) is 0 Å². The van der Waals surface area contributed by atoms with E-state index in [1.807, 2.05) is 0 Å². The maximum atomic E-state index is 12.0. The van der Waals surface area contributed by atoms with Gasteiger partial charge in [-0.15, -0.1) is 0 Å². The highest BCUT2D eigenvalue weighted by atomic mass is 35.5. The molecule has 0 heterocycles. The minimum absolute atomic E-state index is 0. The second-order valence-corrected chi connectivity index (χ2v) is 2.49. The van der Waals surface area contributed by atoms with Crippen LogP contribution in [0.1, 0.15) is 26.7 Å². The van der Waals surface area contributed by atoms with Gasteiger partial charge in [0, 0.05) is 12.8 Å². The van der Waals surface area contributed by atoms with Crippen molar-refractivity contribution >= 4 is 0 Å². The van der Waals surface area contributed by atoms with E-state index in [1.165, 1.54) is 13.8 Å². The van der Waals surface area contributed by atoms with Gasteiger partial charge < -0.3 is 18.1 Å². The molecular formula is C6H13ClF3N. The molecule has 0 amide bonds. The maximum absolute atomic E-state index is 12.0. The summed E-state index contributed by atoms with van der Waals surface area (Å²) in [5.41, 5.74) is 1.42. The zero-order valence-electron chi connectivity index (χ0n) is 6.63. The van der Waals surface area contributed by atoms with Crippen molar-refractivity contribution < 1.29 is 31.3 Å². The molecule has 11 heavy (non-hydrogen) atoms. The van der Waals surface area contributed by atoms with Crippen LogP contribution in [0, 0.1) is 0 Å². The van der Waals surface area contributed by atoms with Gasteiger partial charge in [-0.3, -0.25) is 0 Å². The van der Waals surface area contributed by atoms with E-state index in [9.17, 15) is 13.2 Å². The molecule has 0 fully saturated rings. The second-order valence-electron chi connectivity index (χ2n) is 2.49. The van der Waals surface area contributed by atoms with Crippen molar-refractivity contribution in [1.29, 1.82) is 0 Å². The molecule has 0 unspecified atom stereocenters. The average Bonchev–Trinajstić information content (AvgIpc) is 1.84. The van der Waals surface area contributed by atoms with Crippen LogP contribution in [0.25, 0.3) is 0 Å². The van der Waals surface area contributed by atoms with Gasteiger partial charge in [0.25, 0.3) is 0 Å². The highest BCUT2D eigenvalue weighted by molar-refractivity contribution is 4.81. The Morgan fingerprint density at radius 1 is 1.09 bits per heavy atom. The molecule has 0 radical (unpaired) electrons. The van der Waals surface area contributed by atoms with E-state index >= 15 is 0 Å². The fourth-order valence-electron chi connectivity index (χ4n) is 0.651. The topological polar surface area (TPSA) is 27.6 Å². The first kappa shape index (κ1) is 13.6.